The van der Waals surface area contributed by atoms with Gasteiger partial charge in [0.1, 0.15) is 0 Å². The number of carboxylic acid groups (broad SMARTS) is 1. The maximum absolute atomic E-state index is 10.8. The van der Waals surface area contributed by atoms with Gasteiger partial charge in [-0.15, -0.1) is 0 Å². The van der Waals surface area contributed by atoms with Gasteiger partial charge in [-0.1, -0.05) is 0 Å². The molecule has 0 spiro atoms. The molecule has 1 fully saturated rings. The van der Waals surface area contributed by atoms with Gasteiger partial charge in [-0.25, -0.2) is 9.59 Å². The van der Waals surface area contributed by atoms with E-state index in [2.05, 4.69) is 4.74 Å². The number of ether oxygens (including phenoxy) is 1. The maximum Gasteiger partial charge on any atom is 0.334 e. The molecule has 1 saturated carbocycles. The van der Waals surface area contributed by atoms with Gasteiger partial charge in [-0.05, 0) is 18.8 Å². The Morgan fingerprint density at radius 3 is 2.58 bits per heavy atom. The average molecular weight is 173 g/mol. The third-order valence-electron chi connectivity index (χ3n) is 1.68. The van der Waals surface area contributed by atoms with Crippen LogP contribution in [0.2, 0.25) is 0 Å². The fraction of sp³-hybridized carbons (Fsp3) is 0.714. The third kappa shape index (κ3) is 2.50. The molecule has 0 amide bonds. The Bertz CT molecular complexity index is 200. The molecule has 1 aliphatic carbocycles. The third-order valence-corrected chi connectivity index (χ3v) is 1.68. The maximum atomic E-state index is 10.8. The van der Waals surface area contributed by atoms with E-state index in [0.29, 0.717) is 12.5 Å². The summed E-state index contributed by atoms with van der Waals surface area (Å²) in [5, 5.41) is 8.31. The van der Waals surface area contributed by atoms with Crippen molar-refractivity contribution in [2.45, 2.75) is 18.9 Å². The van der Waals surface area contributed by atoms with Crippen LogP contribution in [0.1, 0.15) is 12.8 Å². The molecular weight excluding hydrogens is 162 g/mol. The van der Waals surface area contributed by atoms with E-state index in [0.717, 1.165) is 12.8 Å². The second-order valence-electron chi connectivity index (χ2n) is 2.89. The molecule has 0 aromatic rings. The standard InChI is InChI=1S/C7H11NO4/c8-5(6(9)10)7(11)12-3-4-1-2-4/h4-5H,1-3,8H2,(H,9,10). The second-order valence-corrected chi connectivity index (χ2v) is 2.89. The molecule has 1 atom stereocenters. The smallest absolute Gasteiger partial charge is 0.334 e. The molecule has 12 heavy (non-hydrogen) atoms. The van der Waals surface area contributed by atoms with Crippen LogP contribution < -0.4 is 5.73 Å². The van der Waals surface area contributed by atoms with Crippen molar-refractivity contribution in [2.24, 2.45) is 11.7 Å². The number of esters is 1. The Hall–Kier alpha value is -1.10. The largest absolute Gasteiger partial charge is 0.480 e. The summed E-state index contributed by atoms with van der Waals surface area (Å²) in [6, 6.07) is -1.54. The molecule has 0 heterocycles. The molecule has 0 aromatic heterocycles. The zero-order chi connectivity index (χ0) is 9.14. The van der Waals surface area contributed by atoms with Crippen molar-refractivity contribution in [3.63, 3.8) is 0 Å². The minimum Gasteiger partial charge on any atom is -0.480 e. The lowest BCUT2D eigenvalue weighted by atomic mass is 10.3. The van der Waals surface area contributed by atoms with Gasteiger partial charge < -0.3 is 15.6 Å². The highest BCUT2D eigenvalue weighted by atomic mass is 16.5. The lowest BCUT2D eigenvalue weighted by Crippen LogP contribution is -2.40. The van der Waals surface area contributed by atoms with E-state index in [1.165, 1.54) is 0 Å². The van der Waals surface area contributed by atoms with E-state index >= 15 is 0 Å². The van der Waals surface area contributed by atoms with Crippen LogP contribution in [0.15, 0.2) is 0 Å². The van der Waals surface area contributed by atoms with Crippen molar-refractivity contribution in [1.82, 2.24) is 0 Å². The highest BCUT2D eigenvalue weighted by Gasteiger charge is 2.27. The van der Waals surface area contributed by atoms with E-state index in [4.69, 9.17) is 10.8 Å². The van der Waals surface area contributed by atoms with Crippen molar-refractivity contribution in [3.8, 4) is 0 Å². The summed E-state index contributed by atoms with van der Waals surface area (Å²) in [4.78, 5) is 21.0. The van der Waals surface area contributed by atoms with Crippen LogP contribution in [-0.2, 0) is 14.3 Å². The lowest BCUT2D eigenvalue weighted by Gasteiger charge is -2.05. The minimum atomic E-state index is -1.54. The summed E-state index contributed by atoms with van der Waals surface area (Å²) < 4.78 is 4.64. The van der Waals surface area contributed by atoms with Crippen LogP contribution >= 0.6 is 0 Å². The van der Waals surface area contributed by atoms with Gasteiger partial charge >= 0.3 is 11.9 Å². The van der Waals surface area contributed by atoms with E-state index in [1.807, 2.05) is 0 Å². The van der Waals surface area contributed by atoms with Crippen molar-refractivity contribution < 1.29 is 19.4 Å². The summed E-state index contributed by atoms with van der Waals surface area (Å²) >= 11 is 0. The highest BCUT2D eigenvalue weighted by molar-refractivity contribution is 5.97. The van der Waals surface area contributed by atoms with E-state index in [-0.39, 0.29) is 0 Å². The Morgan fingerprint density at radius 2 is 2.17 bits per heavy atom. The van der Waals surface area contributed by atoms with E-state index in [1.54, 1.807) is 0 Å². The molecule has 1 aliphatic rings. The van der Waals surface area contributed by atoms with Gasteiger partial charge in [0, 0.05) is 0 Å². The number of hydrogen-bond donors (Lipinski definition) is 2. The topological polar surface area (TPSA) is 89.6 Å². The van der Waals surface area contributed by atoms with Crippen molar-refractivity contribution >= 4 is 11.9 Å². The van der Waals surface area contributed by atoms with Crippen LogP contribution in [0.4, 0.5) is 0 Å². The number of carbonyl (C=O) groups is 2. The first kappa shape index (κ1) is 8.99. The number of carbonyl (C=O) groups excluding carboxylic acids is 1. The van der Waals surface area contributed by atoms with Crippen LogP contribution in [-0.4, -0.2) is 29.7 Å². The summed E-state index contributed by atoms with van der Waals surface area (Å²) in [6.45, 7) is 0.305. The lowest BCUT2D eigenvalue weighted by molar-refractivity contribution is -0.154. The zero-order valence-electron chi connectivity index (χ0n) is 6.53. The molecule has 3 N–H and O–H groups in total. The first-order chi connectivity index (χ1) is 5.61. The molecule has 5 heteroatoms. The van der Waals surface area contributed by atoms with Crippen LogP contribution in [0.25, 0.3) is 0 Å². The number of nitrogens with two attached hydrogens (primary N) is 1. The zero-order valence-corrected chi connectivity index (χ0v) is 6.53. The quantitative estimate of drug-likeness (QED) is 0.435. The van der Waals surface area contributed by atoms with Crippen molar-refractivity contribution in [1.29, 1.82) is 0 Å². The minimum absolute atomic E-state index is 0.305. The summed E-state index contributed by atoms with van der Waals surface area (Å²) in [7, 11) is 0. The van der Waals surface area contributed by atoms with Gasteiger partial charge in [0.05, 0.1) is 6.61 Å². The Morgan fingerprint density at radius 1 is 1.58 bits per heavy atom. The number of hydrogen-bond acceptors (Lipinski definition) is 4. The average Bonchev–Trinajstić information content (AvgIpc) is 2.81. The molecule has 0 bridgehead atoms. The Kier molecular flexibility index (Phi) is 2.65. The number of aliphatic carboxylic acids is 1. The monoisotopic (exact) mass is 173 g/mol. The molecule has 0 aliphatic heterocycles. The van der Waals surface area contributed by atoms with Crippen LogP contribution in [0.3, 0.4) is 0 Å². The molecule has 1 rings (SSSR count). The first-order valence-electron chi connectivity index (χ1n) is 3.76. The Labute approximate surface area is 69.5 Å². The van der Waals surface area contributed by atoms with Gasteiger partial charge in [-0.3, -0.25) is 0 Å². The van der Waals surface area contributed by atoms with E-state index < -0.39 is 18.0 Å². The summed E-state index contributed by atoms with van der Waals surface area (Å²) in [5.41, 5.74) is 4.99. The molecule has 0 aromatic carbocycles. The van der Waals surface area contributed by atoms with Crippen LogP contribution in [0, 0.1) is 5.92 Å². The van der Waals surface area contributed by atoms with Gasteiger partial charge in [0.2, 0.25) is 6.04 Å². The van der Waals surface area contributed by atoms with Crippen molar-refractivity contribution in [2.75, 3.05) is 6.61 Å². The predicted octanol–water partition coefficient (Wildman–Crippen LogP) is -0.649. The highest BCUT2D eigenvalue weighted by Crippen LogP contribution is 2.28. The molecular formula is C7H11NO4. The molecule has 0 saturated heterocycles. The van der Waals surface area contributed by atoms with Gasteiger partial charge in [0.25, 0.3) is 0 Å². The SMILES string of the molecule is NC(C(=O)O)C(=O)OCC1CC1. The molecule has 68 valence electrons. The van der Waals surface area contributed by atoms with Gasteiger partial charge in [-0.2, -0.15) is 0 Å². The molecule has 1 unspecified atom stereocenters. The van der Waals surface area contributed by atoms with E-state index in [9.17, 15) is 9.59 Å². The normalized spacial score (nSPS) is 18.4. The van der Waals surface area contributed by atoms with Crippen molar-refractivity contribution in [3.05, 3.63) is 0 Å². The Balaban J connectivity index is 2.21. The predicted molar refractivity (Wildman–Crippen MR) is 39.3 cm³/mol. The number of rotatable bonds is 4. The molecule has 0 radical (unpaired) electrons. The number of carboxylic acids is 1. The fourth-order valence-corrected chi connectivity index (χ4v) is 0.675. The molecule has 5 nitrogen and oxygen atoms in total. The van der Waals surface area contributed by atoms with Crippen LogP contribution in [0.5, 0.6) is 0 Å². The fourth-order valence-electron chi connectivity index (χ4n) is 0.675. The van der Waals surface area contributed by atoms with Gasteiger partial charge in [0.15, 0.2) is 0 Å². The second kappa shape index (κ2) is 3.53. The first-order valence-corrected chi connectivity index (χ1v) is 3.76. The summed E-state index contributed by atoms with van der Waals surface area (Å²) in [6.07, 6.45) is 2.10. The summed E-state index contributed by atoms with van der Waals surface area (Å²) in [5.74, 6) is -1.78.